The molecule has 0 spiro atoms. The number of likely N-dealkylation sites (N-methyl/N-ethyl adjacent to an activating group) is 1. The van der Waals surface area contributed by atoms with Gasteiger partial charge in [-0.05, 0) is 43.3 Å². The van der Waals surface area contributed by atoms with Gasteiger partial charge in [0.15, 0.2) is 11.5 Å². The van der Waals surface area contributed by atoms with Crippen LogP contribution in [0, 0.1) is 0 Å². The highest BCUT2D eigenvalue weighted by Crippen LogP contribution is 2.28. The molecular weight excluding hydrogens is 387 g/mol. The van der Waals surface area contributed by atoms with Gasteiger partial charge in [-0.15, -0.1) is 0 Å². The first-order chi connectivity index (χ1) is 12.9. The Labute approximate surface area is 170 Å². The maximum absolute atomic E-state index is 12.5. The van der Waals surface area contributed by atoms with E-state index in [9.17, 15) is 4.79 Å². The number of methoxy groups -OCH3 is 2. The van der Waals surface area contributed by atoms with Gasteiger partial charge in [0.05, 0.1) is 30.3 Å². The first kappa shape index (κ1) is 21.4. The number of halogens is 2. The van der Waals surface area contributed by atoms with Crippen LogP contribution in [-0.2, 0) is 17.9 Å². The highest BCUT2D eigenvalue weighted by atomic mass is 35.5. The van der Waals surface area contributed by atoms with E-state index in [0.29, 0.717) is 34.6 Å². The van der Waals surface area contributed by atoms with Crippen LogP contribution >= 0.6 is 23.2 Å². The molecule has 0 unspecified atom stereocenters. The smallest absolute Gasteiger partial charge is 0.237 e. The fourth-order valence-electron chi connectivity index (χ4n) is 2.60. The molecule has 0 bridgehead atoms. The maximum Gasteiger partial charge on any atom is 0.237 e. The third kappa shape index (κ3) is 5.51. The Morgan fingerprint density at radius 2 is 1.85 bits per heavy atom. The van der Waals surface area contributed by atoms with Gasteiger partial charge in [0.25, 0.3) is 0 Å². The summed E-state index contributed by atoms with van der Waals surface area (Å²) < 4.78 is 10.5. The fourth-order valence-corrected chi connectivity index (χ4v) is 2.98. The number of hydrogen-bond donors (Lipinski definition) is 1. The highest BCUT2D eigenvalue weighted by molar-refractivity contribution is 6.42. The standard InChI is InChI=1S/C20H24Cl2N2O3/c1-13(24(2)12-15-6-5-7-16(21)19(15)22)20(25)23-11-14-8-9-17(26-3)18(10-14)27-4/h5-10,13H,11-12H2,1-4H3,(H,23,25)/t13-/m0/s1. The Bertz CT molecular complexity index is 799. The molecule has 146 valence electrons. The second kappa shape index (κ2) is 9.83. The number of nitrogens with one attached hydrogen (secondary N) is 1. The zero-order chi connectivity index (χ0) is 20.0. The third-order valence-corrected chi connectivity index (χ3v) is 5.26. The molecule has 0 saturated carbocycles. The van der Waals surface area contributed by atoms with Crippen LogP contribution in [0.3, 0.4) is 0 Å². The lowest BCUT2D eigenvalue weighted by Crippen LogP contribution is -2.42. The van der Waals surface area contributed by atoms with Crippen molar-refractivity contribution in [1.82, 2.24) is 10.2 Å². The summed E-state index contributed by atoms with van der Waals surface area (Å²) in [5.41, 5.74) is 1.81. The minimum atomic E-state index is -0.333. The van der Waals surface area contributed by atoms with Crippen molar-refractivity contribution in [3.05, 3.63) is 57.6 Å². The average molecular weight is 411 g/mol. The van der Waals surface area contributed by atoms with Crippen molar-refractivity contribution in [1.29, 1.82) is 0 Å². The molecule has 0 radical (unpaired) electrons. The minimum Gasteiger partial charge on any atom is -0.493 e. The molecule has 2 rings (SSSR count). The van der Waals surface area contributed by atoms with Crippen LogP contribution in [0.25, 0.3) is 0 Å². The van der Waals surface area contributed by atoms with Gasteiger partial charge in [-0.2, -0.15) is 0 Å². The molecular formula is C20H24Cl2N2O3. The summed E-state index contributed by atoms with van der Waals surface area (Å²) in [6.07, 6.45) is 0. The van der Waals surface area contributed by atoms with E-state index in [4.69, 9.17) is 32.7 Å². The van der Waals surface area contributed by atoms with Crippen molar-refractivity contribution in [3.63, 3.8) is 0 Å². The number of nitrogens with zero attached hydrogens (tertiary/aromatic N) is 1. The Kier molecular flexibility index (Phi) is 7.78. The maximum atomic E-state index is 12.5. The second-order valence-corrected chi connectivity index (χ2v) is 7.00. The van der Waals surface area contributed by atoms with Crippen molar-refractivity contribution in [2.45, 2.75) is 26.1 Å². The van der Waals surface area contributed by atoms with Gasteiger partial charge in [0, 0.05) is 13.1 Å². The Morgan fingerprint density at radius 1 is 1.15 bits per heavy atom. The Balaban J connectivity index is 1.96. The summed E-state index contributed by atoms with van der Waals surface area (Å²) in [4.78, 5) is 14.4. The molecule has 7 heteroatoms. The lowest BCUT2D eigenvalue weighted by Gasteiger charge is -2.24. The van der Waals surface area contributed by atoms with Crippen molar-refractivity contribution < 1.29 is 14.3 Å². The Hall–Kier alpha value is -1.95. The zero-order valence-electron chi connectivity index (χ0n) is 15.9. The van der Waals surface area contributed by atoms with E-state index in [-0.39, 0.29) is 11.9 Å². The second-order valence-electron chi connectivity index (χ2n) is 6.21. The third-order valence-electron chi connectivity index (χ3n) is 4.41. The molecule has 5 nitrogen and oxygen atoms in total. The quantitative estimate of drug-likeness (QED) is 0.709. The molecule has 0 heterocycles. The fraction of sp³-hybridized carbons (Fsp3) is 0.350. The van der Waals surface area contributed by atoms with E-state index in [1.807, 2.05) is 49.2 Å². The van der Waals surface area contributed by atoms with Gasteiger partial charge in [-0.3, -0.25) is 9.69 Å². The molecule has 0 fully saturated rings. The number of ether oxygens (including phenoxy) is 2. The topological polar surface area (TPSA) is 50.8 Å². The zero-order valence-corrected chi connectivity index (χ0v) is 17.4. The number of carbonyl (C=O) groups is 1. The molecule has 0 aliphatic rings. The summed E-state index contributed by atoms with van der Waals surface area (Å²) in [6, 6.07) is 10.7. The predicted octanol–water partition coefficient (Wildman–Crippen LogP) is 4.15. The number of hydrogen-bond acceptors (Lipinski definition) is 4. The predicted molar refractivity (Wildman–Crippen MR) is 109 cm³/mol. The molecule has 1 atom stereocenters. The van der Waals surface area contributed by atoms with Crippen LogP contribution < -0.4 is 14.8 Å². The van der Waals surface area contributed by atoms with Crippen molar-refractivity contribution in [3.8, 4) is 11.5 Å². The van der Waals surface area contributed by atoms with Gasteiger partial charge in [0.1, 0.15) is 0 Å². The van der Waals surface area contributed by atoms with E-state index >= 15 is 0 Å². The molecule has 27 heavy (non-hydrogen) atoms. The van der Waals surface area contributed by atoms with E-state index in [1.54, 1.807) is 20.3 Å². The number of rotatable bonds is 8. The lowest BCUT2D eigenvalue weighted by molar-refractivity contribution is -0.125. The lowest BCUT2D eigenvalue weighted by atomic mass is 10.1. The molecule has 0 aliphatic carbocycles. The van der Waals surface area contributed by atoms with E-state index in [1.165, 1.54) is 0 Å². The number of carbonyl (C=O) groups excluding carboxylic acids is 1. The summed E-state index contributed by atoms with van der Waals surface area (Å²) in [6.45, 7) is 2.77. The van der Waals surface area contributed by atoms with Crippen LogP contribution in [0.5, 0.6) is 11.5 Å². The van der Waals surface area contributed by atoms with Crippen LogP contribution in [-0.4, -0.2) is 38.1 Å². The normalized spacial score (nSPS) is 12.0. The molecule has 2 aromatic carbocycles. The van der Waals surface area contributed by atoms with E-state index in [2.05, 4.69) is 5.32 Å². The first-order valence-corrected chi connectivity index (χ1v) is 9.24. The summed E-state index contributed by atoms with van der Waals surface area (Å²) >= 11 is 12.3. The molecule has 1 N–H and O–H groups in total. The van der Waals surface area contributed by atoms with Crippen molar-refractivity contribution >= 4 is 29.1 Å². The van der Waals surface area contributed by atoms with Gasteiger partial charge in [0.2, 0.25) is 5.91 Å². The SMILES string of the molecule is COc1ccc(CNC(=O)[C@H](C)N(C)Cc2cccc(Cl)c2Cl)cc1OC. The van der Waals surface area contributed by atoms with Crippen LogP contribution in [0.4, 0.5) is 0 Å². The molecule has 2 aromatic rings. The molecule has 0 aromatic heterocycles. The van der Waals surface area contributed by atoms with Crippen molar-refractivity contribution in [2.24, 2.45) is 0 Å². The summed E-state index contributed by atoms with van der Waals surface area (Å²) in [7, 11) is 5.04. The summed E-state index contributed by atoms with van der Waals surface area (Å²) in [5.74, 6) is 1.20. The summed E-state index contributed by atoms with van der Waals surface area (Å²) in [5, 5.41) is 3.97. The van der Waals surface area contributed by atoms with Gasteiger partial charge in [-0.25, -0.2) is 0 Å². The molecule has 0 aliphatic heterocycles. The highest BCUT2D eigenvalue weighted by Gasteiger charge is 2.19. The van der Waals surface area contributed by atoms with Gasteiger partial charge in [-0.1, -0.05) is 41.4 Å². The average Bonchev–Trinajstić information content (AvgIpc) is 2.68. The van der Waals surface area contributed by atoms with Crippen LogP contribution in [0.15, 0.2) is 36.4 Å². The van der Waals surface area contributed by atoms with E-state index in [0.717, 1.165) is 11.1 Å². The minimum absolute atomic E-state index is 0.0783. The number of benzene rings is 2. The Morgan fingerprint density at radius 3 is 2.52 bits per heavy atom. The van der Waals surface area contributed by atoms with Gasteiger partial charge >= 0.3 is 0 Å². The molecule has 1 amide bonds. The van der Waals surface area contributed by atoms with Crippen LogP contribution in [0.1, 0.15) is 18.1 Å². The largest absolute Gasteiger partial charge is 0.493 e. The van der Waals surface area contributed by atoms with E-state index < -0.39 is 0 Å². The number of amides is 1. The first-order valence-electron chi connectivity index (χ1n) is 8.49. The van der Waals surface area contributed by atoms with Gasteiger partial charge < -0.3 is 14.8 Å². The monoisotopic (exact) mass is 410 g/mol. The van der Waals surface area contributed by atoms with Crippen molar-refractivity contribution in [2.75, 3.05) is 21.3 Å². The van der Waals surface area contributed by atoms with Crippen LogP contribution in [0.2, 0.25) is 10.0 Å². The molecule has 0 saturated heterocycles.